The van der Waals surface area contributed by atoms with Crippen LogP contribution in [0.25, 0.3) is 0 Å². The van der Waals surface area contributed by atoms with Crippen LogP contribution in [-0.2, 0) is 11.2 Å². The Kier molecular flexibility index (Phi) is 7.05. The summed E-state index contributed by atoms with van der Waals surface area (Å²) in [5.41, 5.74) is 2.07. The Bertz CT molecular complexity index is 1110. The van der Waals surface area contributed by atoms with E-state index in [0.29, 0.717) is 48.6 Å². The first-order chi connectivity index (χ1) is 15.9. The average molecular weight is 487 g/mol. The second-order valence-electron chi connectivity index (χ2n) is 7.79. The molecule has 1 aliphatic heterocycles. The number of aromatic nitrogens is 2. The maximum atomic E-state index is 12.8. The first-order valence-corrected chi connectivity index (χ1v) is 11.6. The molecule has 0 spiro atoms. The van der Waals surface area contributed by atoms with E-state index < -0.39 is 4.92 Å². The van der Waals surface area contributed by atoms with Crippen LogP contribution in [0.15, 0.2) is 48.5 Å². The summed E-state index contributed by atoms with van der Waals surface area (Å²) in [7, 11) is 1.84. The first-order valence-electron chi connectivity index (χ1n) is 10.4. The lowest BCUT2D eigenvalue weighted by molar-refractivity contribution is -0.384. The normalized spacial score (nSPS) is 13.8. The molecule has 0 bridgehead atoms. The number of non-ortho nitro benzene ring substituents is 1. The van der Waals surface area contributed by atoms with Gasteiger partial charge in [0.1, 0.15) is 5.82 Å². The summed E-state index contributed by atoms with van der Waals surface area (Å²) in [6.07, 6.45) is 0.611. The number of amides is 1. The number of carbonyl (C=O) groups excluding carboxylic acids is 1. The van der Waals surface area contributed by atoms with Crippen molar-refractivity contribution in [2.24, 2.45) is 0 Å². The molecule has 1 saturated heterocycles. The SMILES string of the molecule is CN(CC(=O)N1CCN(c2ccc([N+](=O)[O-])cc2)CC1)c1nc(Cc2ccc(Cl)cc2)ns1. The molecule has 0 N–H and O–H groups in total. The number of likely N-dealkylation sites (N-methyl/N-ethyl adjacent to an activating group) is 1. The van der Waals surface area contributed by atoms with Crippen molar-refractivity contribution in [2.75, 3.05) is 49.6 Å². The van der Waals surface area contributed by atoms with E-state index in [1.54, 1.807) is 12.1 Å². The number of hydrogen-bond donors (Lipinski definition) is 0. The van der Waals surface area contributed by atoms with Crippen molar-refractivity contribution in [1.29, 1.82) is 0 Å². The number of piperazine rings is 1. The van der Waals surface area contributed by atoms with E-state index in [2.05, 4.69) is 14.3 Å². The van der Waals surface area contributed by atoms with Gasteiger partial charge in [0.15, 0.2) is 0 Å². The first kappa shape index (κ1) is 22.9. The van der Waals surface area contributed by atoms with Crippen molar-refractivity contribution in [2.45, 2.75) is 6.42 Å². The monoisotopic (exact) mass is 486 g/mol. The van der Waals surface area contributed by atoms with Crippen LogP contribution >= 0.6 is 23.1 Å². The molecule has 1 aliphatic rings. The molecule has 172 valence electrons. The number of carbonyl (C=O) groups is 1. The molecule has 3 aromatic rings. The third-order valence-corrected chi connectivity index (χ3v) is 6.61. The van der Waals surface area contributed by atoms with Gasteiger partial charge in [-0.2, -0.15) is 4.37 Å². The molecule has 0 unspecified atom stereocenters. The topological polar surface area (TPSA) is 95.7 Å². The molecule has 0 aliphatic carbocycles. The quantitative estimate of drug-likeness (QED) is 0.372. The van der Waals surface area contributed by atoms with Gasteiger partial charge in [0, 0.05) is 74.0 Å². The van der Waals surface area contributed by atoms with Gasteiger partial charge in [-0.1, -0.05) is 23.7 Å². The zero-order valence-corrected chi connectivity index (χ0v) is 19.6. The van der Waals surface area contributed by atoms with Crippen LogP contribution < -0.4 is 9.80 Å². The van der Waals surface area contributed by atoms with Gasteiger partial charge < -0.3 is 14.7 Å². The van der Waals surface area contributed by atoms with E-state index in [-0.39, 0.29) is 18.1 Å². The lowest BCUT2D eigenvalue weighted by Crippen LogP contribution is -2.51. The number of benzene rings is 2. The summed E-state index contributed by atoms with van der Waals surface area (Å²) in [6.45, 7) is 2.78. The van der Waals surface area contributed by atoms with E-state index in [4.69, 9.17) is 11.6 Å². The van der Waals surface area contributed by atoms with Crippen molar-refractivity contribution in [1.82, 2.24) is 14.3 Å². The Morgan fingerprint density at radius 2 is 1.79 bits per heavy atom. The molecule has 33 heavy (non-hydrogen) atoms. The van der Waals surface area contributed by atoms with Crippen molar-refractivity contribution < 1.29 is 9.72 Å². The van der Waals surface area contributed by atoms with Gasteiger partial charge in [0.25, 0.3) is 5.69 Å². The predicted molar refractivity (Wildman–Crippen MR) is 129 cm³/mol. The molecule has 1 amide bonds. The van der Waals surface area contributed by atoms with Gasteiger partial charge in [0.05, 0.1) is 11.5 Å². The van der Waals surface area contributed by atoms with E-state index in [0.717, 1.165) is 11.3 Å². The molecule has 1 aromatic heterocycles. The number of hydrogen-bond acceptors (Lipinski definition) is 8. The number of nitrogens with zero attached hydrogens (tertiary/aromatic N) is 6. The molecule has 2 aromatic carbocycles. The van der Waals surface area contributed by atoms with E-state index >= 15 is 0 Å². The van der Waals surface area contributed by atoms with Gasteiger partial charge in [0.2, 0.25) is 11.0 Å². The molecule has 4 rings (SSSR count). The van der Waals surface area contributed by atoms with E-state index in [9.17, 15) is 14.9 Å². The average Bonchev–Trinajstić information content (AvgIpc) is 3.29. The molecule has 0 saturated carbocycles. The molecular weight excluding hydrogens is 464 g/mol. The molecule has 11 heteroatoms. The van der Waals surface area contributed by atoms with Gasteiger partial charge in [-0.05, 0) is 29.8 Å². The van der Waals surface area contributed by atoms with Gasteiger partial charge in [-0.3, -0.25) is 14.9 Å². The summed E-state index contributed by atoms with van der Waals surface area (Å²) in [6, 6.07) is 14.1. The highest BCUT2D eigenvalue weighted by molar-refractivity contribution is 7.09. The van der Waals surface area contributed by atoms with E-state index in [1.165, 1.54) is 23.7 Å². The Labute approximate surface area is 200 Å². The highest BCUT2D eigenvalue weighted by atomic mass is 35.5. The number of halogens is 1. The second kappa shape index (κ2) is 10.1. The fourth-order valence-corrected chi connectivity index (χ4v) is 4.39. The van der Waals surface area contributed by atoms with Crippen LogP contribution in [0.3, 0.4) is 0 Å². The van der Waals surface area contributed by atoms with Gasteiger partial charge in [-0.25, -0.2) is 4.98 Å². The zero-order valence-electron chi connectivity index (χ0n) is 18.1. The summed E-state index contributed by atoms with van der Waals surface area (Å²) >= 11 is 7.21. The van der Waals surface area contributed by atoms with Crippen molar-refractivity contribution in [3.05, 3.63) is 75.1 Å². The minimum atomic E-state index is -0.407. The minimum absolute atomic E-state index is 0.0373. The number of nitro benzene ring substituents is 1. The smallest absolute Gasteiger partial charge is 0.269 e. The Balaban J connectivity index is 1.27. The fourth-order valence-electron chi connectivity index (χ4n) is 3.63. The maximum Gasteiger partial charge on any atom is 0.269 e. The highest BCUT2D eigenvalue weighted by Crippen LogP contribution is 2.22. The number of anilines is 2. The number of rotatable bonds is 7. The van der Waals surface area contributed by atoms with Gasteiger partial charge >= 0.3 is 0 Å². The van der Waals surface area contributed by atoms with Crippen molar-refractivity contribution in [3.8, 4) is 0 Å². The minimum Gasteiger partial charge on any atom is -0.368 e. The summed E-state index contributed by atoms with van der Waals surface area (Å²) in [4.78, 5) is 33.6. The van der Waals surface area contributed by atoms with Gasteiger partial charge in [-0.15, -0.1) is 0 Å². The third kappa shape index (κ3) is 5.77. The largest absolute Gasteiger partial charge is 0.368 e. The molecule has 2 heterocycles. The Morgan fingerprint density at radius 3 is 2.42 bits per heavy atom. The molecular formula is C22H23ClN6O3S. The van der Waals surface area contributed by atoms with Crippen LogP contribution in [-0.4, -0.2) is 64.9 Å². The summed E-state index contributed by atoms with van der Waals surface area (Å²) < 4.78 is 4.42. The number of nitro groups is 1. The molecule has 1 fully saturated rings. The predicted octanol–water partition coefficient (Wildman–Crippen LogP) is 3.48. The standard InChI is InChI=1S/C22H23ClN6O3S/c1-26(22-24-20(25-33-22)14-16-2-4-17(23)5-3-16)15-21(30)28-12-10-27(11-13-28)18-6-8-19(9-7-18)29(31)32/h2-9H,10-15H2,1H3. The Morgan fingerprint density at radius 1 is 1.12 bits per heavy atom. The third-order valence-electron chi connectivity index (χ3n) is 5.49. The second-order valence-corrected chi connectivity index (χ2v) is 8.96. The van der Waals surface area contributed by atoms with Crippen LogP contribution in [0.5, 0.6) is 0 Å². The fraction of sp³-hybridized carbons (Fsp3) is 0.318. The highest BCUT2D eigenvalue weighted by Gasteiger charge is 2.23. The maximum absolute atomic E-state index is 12.8. The van der Waals surface area contributed by atoms with E-state index in [1.807, 2.05) is 41.1 Å². The summed E-state index contributed by atoms with van der Waals surface area (Å²) in [5.74, 6) is 0.753. The van der Waals surface area contributed by atoms with Crippen LogP contribution in [0.2, 0.25) is 5.02 Å². The molecule has 0 atom stereocenters. The molecule has 0 radical (unpaired) electrons. The van der Waals surface area contributed by atoms with Crippen molar-refractivity contribution >= 4 is 45.5 Å². The summed E-state index contributed by atoms with van der Waals surface area (Å²) in [5, 5.41) is 12.2. The Hall–Kier alpha value is -3.24. The zero-order chi connectivity index (χ0) is 23.4. The lowest BCUT2D eigenvalue weighted by atomic mass is 10.1. The van der Waals surface area contributed by atoms with Crippen LogP contribution in [0.4, 0.5) is 16.5 Å². The van der Waals surface area contributed by atoms with Crippen LogP contribution in [0, 0.1) is 10.1 Å². The molecule has 9 nitrogen and oxygen atoms in total. The van der Waals surface area contributed by atoms with Crippen LogP contribution in [0.1, 0.15) is 11.4 Å². The lowest BCUT2D eigenvalue weighted by Gasteiger charge is -2.36. The van der Waals surface area contributed by atoms with Crippen molar-refractivity contribution in [3.63, 3.8) is 0 Å².